The van der Waals surface area contributed by atoms with Crippen LogP contribution in [0.4, 0.5) is 13.2 Å². The summed E-state index contributed by atoms with van der Waals surface area (Å²) in [5.74, 6) is -4.84. The molecule has 0 unspecified atom stereocenters. The number of aromatic amines is 1. The molecular weight excluding hydrogens is 443 g/mol. The third-order valence-corrected chi connectivity index (χ3v) is 5.93. The summed E-state index contributed by atoms with van der Waals surface area (Å²) in [5.41, 5.74) is 5.57. The molecule has 0 aliphatic heterocycles. The summed E-state index contributed by atoms with van der Waals surface area (Å²) < 4.78 is 40.5. The largest absolute Gasteiger partial charge is 0.364 e. The van der Waals surface area contributed by atoms with Crippen molar-refractivity contribution in [2.24, 2.45) is 11.7 Å². The highest BCUT2D eigenvalue weighted by Gasteiger charge is 2.44. The van der Waals surface area contributed by atoms with Gasteiger partial charge in [-0.1, -0.05) is 24.6 Å². The van der Waals surface area contributed by atoms with E-state index in [-0.39, 0.29) is 23.3 Å². The topological polar surface area (TPSA) is 88.8 Å². The Bertz CT molecular complexity index is 1170. The number of amides is 1. The van der Waals surface area contributed by atoms with E-state index < -0.39 is 29.1 Å². The highest BCUT2D eigenvalue weighted by Crippen LogP contribution is 2.46. The van der Waals surface area contributed by atoms with Crippen molar-refractivity contribution < 1.29 is 18.0 Å². The number of nitrogens with two attached hydrogens (primary N) is 1. The lowest BCUT2D eigenvalue weighted by Crippen LogP contribution is -2.35. The molecule has 3 N–H and O–H groups in total. The molecule has 2 atom stereocenters. The molecule has 1 aliphatic rings. The van der Waals surface area contributed by atoms with E-state index in [1.54, 1.807) is 25.1 Å². The van der Waals surface area contributed by atoms with E-state index >= 15 is 0 Å². The number of primary amides is 1. The van der Waals surface area contributed by atoms with Gasteiger partial charge in [0, 0.05) is 41.2 Å². The average molecular weight is 466 g/mol. The van der Waals surface area contributed by atoms with Crippen LogP contribution in [0.1, 0.15) is 54.7 Å². The second-order valence-corrected chi connectivity index (χ2v) is 8.26. The predicted octanol–water partition coefficient (Wildman–Crippen LogP) is 5.43. The predicted molar refractivity (Wildman–Crippen MR) is 118 cm³/mol. The van der Waals surface area contributed by atoms with Crippen molar-refractivity contribution in [2.45, 2.75) is 44.4 Å². The molecule has 9 heteroatoms. The van der Waals surface area contributed by atoms with Crippen molar-refractivity contribution in [1.29, 1.82) is 0 Å². The van der Waals surface area contributed by atoms with E-state index in [1.807, 2.05) is 0 Å². The van der Waals surface area contributed by atoms with Gasteiger partial charge < -0.3 is 10.7 Å². The summed E-state index contributed by atoms with van der Waals surface area (Å²) in [5, 5.41) is 0.535. The van der Waals surface area contributed by atoms with Crippen LogP contribution in [0.25, 0.3) is 10.9 Å². The molecule has 32 heavy (non-hydrogen) atoms. The van der Waals surface area contributed by atoms with Crippen molar-refractivity contribution in [1.82, 2.24) is 9.97 Å². The van der Waals surface area contributed by atoms with E-state index in [9.17, 15) is 22.8 Å². The van der Waals surface area contributed by atoms with E-state index in [2.05, 4.69) is 9.97 Å². The quantitative estimate of drug-likeness (QED) is 0.540. The lowest BCUT2D eigenvalue weighted by atomic mass is 9.76. The fraction of sp³-hybridized carbons (Fsp3) is 0.348. The number of rotatable bonds is 3. The number of aromatic nitrogens is 2. The molecule has 0 saturated heterocycles. The molecule has 1 saturated carbocycles. The Morgan fingerprint density at radius 3 is 2.59 bits per heavy atom. The number of pyridine rings is 2. The highest BCUT2D eigenvalue weighted by molar-refractivity contribution is 6.30. The number of carbonyl (C=O) groups is 1. The molecule has 1 amide bonds. The highest BCUT2D eigenvalue weighted by atomic mass is 35.5. The van der Waals surface area contributed by atoms with E-state index in [0.29, 0.717) is 35.5 Å². The number of halogens is 4. The number of alkyl halides is 2. The lowest BCUT2D eigenvalue weighted by Gasteiger charge is -2.35. The lowest BCUT2D eigenvalue weighted by molar-refractivity contribution is -0.0931. The molecule has 0 radical (unpaired) electrons. The maximum atomic E-state index is 14.2. The molecule has 1 fully saturated rings. The molecule has 2 aromatic heterocycles. The van der Waals surface area contributed by atoms with Crippen molar-refractivity contribution in [3.8, 4) is 0 Å². The smallest absolute Gasteiger partial charge is 0.268 e. The minimum Gasteiger partial charge on any atom is -0.364 e. The number of H-pyrrole nitrogens is 1. The van der Waals surface area contributed by atoms with E-state index in [4.69, 9.17) is 17.3 Å². The van der Waals surface area contributed by atoms with Gasteiger partial charge in [-0.15, -0.1) is 0 Å². The fourth-order valence-electron chi connectivity index (χ4n) is 4.07. The van der Waals surface area contributed by atoms with Gasteiger partial charge >= 0.3 is 0 Å². The standard InChI is InChI=1S/C17H19F2N3O2.C6H4ClF/c1-2-10-4-3-9(8-17(10,18)19)12-7-13(23)14-11(22-12)5-6-21-15(14)16(20)24;7-5-2-1-3-6(8)4-5/h5-7,9-10H,2-4,8H2,1H3,(H2,20,24)(H,22,23);1-4H/t9-,10+;/m0./s1. The van der Waals surface area contributed by atoms with Crippen LogP contribution in [-0.4, -0.2) is 21.8 Å². The molecule has 1 aliphatic carbocycles. The van der Waals surface area contributed by atoms with Gasteiger partial charge in [0.1, 0.15) is 11.5 Å². The van der Waals surface area contributed by atoms with Crippen LogP contribution in [0.2, 0.25) is 5.02 Å². The van der Waals surface area contributed by atoms with Crippen LogP contribution in [0.5, 0.6) is 0 Å². The van der Waals surface area contributed by atoms with E-state index in [0.717, 1.165) is 0 Å². The van der Waals surface area contributed by atoms with Crippen molar-refractivity contribution in [3.63, 3.8) is 0 Å². The number of nitrogens with one attached hydrogen (secondary N) is 1. The minimum absolute atomic E-state index is 0.0998. The summed E-state index contributed by atoms with van der Waals surface area (Å²) in [6, 6.07) is 8.65. The van der Waals surface area contributed by atoms with E-state index in [1.165, 1.54) is 24.4 Å². The van der Waals surface area contributed by atoms with Crippen LogP contribution in [0, 0.1) is 11.7 Å². The van der Waals surface area contributed by atoms with Gasteiger partial charge in [0.2, 0.25) is 0 Å². The molecule has 170 valence electrons. The molecule has 0 bridgehead atoms. The zero-order valence-electron chi connectivity index (χ0n) is 17.4. The summed E-state index contributed by atoms with van der Waals surface area (Å²) >= 11 is 5.40. The number of nitrogens with zero attached hydrogens (tertiary/aromatic N) is 1. The van der Waals surface area contributed by atoms with Gasteiger partial charge in [-0.2, -0.15) is 0 Å². The van der Waals surface area contributed by atoms with Crippen LogP contribution in [0.3, 0.4) is 0 Å². The first-order valence-corrected chi connectivity index (χ1v) is 10.6. The van der Waals surface area contributed by atoms with Crippen molar-refractivity contribution in [3.05, 3.63) is 75.0 Å². The number of hydrogen-bond donors (Lipinski definition) is 2. The second-order valence-electron chi connectivity index (χ2n) is 7.82. The molecule has 2 heterocycles. The van der Waals surface area contributed by atoms with Crippen LogP contribution in [0.15, 0.2) is 47.4 Å². The Labute approximate surface area is 187 Å². The minimum atomic E-state index is -2.74. The molecule has 3 aromatic rings. The first kappa shape index (κ1) is 23.8. The SMILES string of the molecule is CC[C@@H]1CC[C@H](c2cc(=O)c3c(C(N)=O)nccc3[nH]2)CC1(F)F.Fc1cccc(Cl)c1. The normalized spacial score (nSPS) is 19.8. The van der Waals surface area contributed by atoms with Crippen LogP contribution in [-0.2, 0) is 0 Å². The number of benzene rings is 1. The number of hydrogen-bond acceptors (Lipinski definition) is 3. The molecular formula is C23H23ClF3N3O2. The molecule has 0 spiro atoms. The van der Waals surface area contributed by atoms with Crippen molar-refractivity contribution >= 4 is 28.4 Å². The molecule has 4 rings (SSSR count). The summed E-state index contributed by atoms with van der Waals surface area (Å²) in [6.07, 6.45) is 2.56. The Balaban J connectivity index is 0.000000305. The monoisotopic (exact) mass is 465 g/mol. The Kier molecular flexibility index (Phi) is 7.23. The second kappa shape index (κ2) is 9.73. The summed E-state index contributed by atoms with van der Waals surface area (Å²) in [4.78, 5) is 30.7. The van der Waals surface area contributed by atoms with Gasteiger partial charge in [-0.05, 0) is 43.5 Å². The summed E-state index contributed by atoms with van der Waals surface area (Å²) in [7, 11) is 0. The fourth-order valence-corrected chi connectivity index (χ4v) is 4.24. The van der Waals surface area contributed by atoms with Gasteiger partial charge in [0.05, 0.1) is 10.9 Å². The number of carbonyl (C=O) groups excluding carboxylic acids is 1. The Hall–Kier alpha value is -2.87. The van der Waals surface area contributed by atoms with Crippen LogP contribution >= 0.6 is 11.6 Å². The maximum Gasteiger partial charge on any atom is 0.268 e. The van der Waals surface area contributed by atoms with Gasteiger partial charge in [0.25, 0.3) is 11.8 Å². The van der Waals surface area contributed by atoms with Gasteiger partial charge in [0.15, 0.2) is 5.43 Å². The third-order valence-electron chi connectivity index (χ3n) is 5.70. The molecule has 5 nitrogen and oxygen atoms in total. The molecule has 1 aromatic carbocycles. The first-order valence-electron chi connectivity index (χ1n) is 10.2. The zero-order valence-corrected chi connectivity index (χ0v) is 18.1. The van der Waals surface area contributed by atoms with Crippen molar-refractivity contribution in [2.75, 3.05) is 0 Å². The maximum absolute atomic E-state index is 14.2. The van der Waals surface area contributed by atoms with Crippen LogP contribution < -0.4 is 11.2 Å². The summed E-state index contributed by atoms with van der Waals surface area (Å²) in [6.45, 7) is 1.77. The third kappa shape index (κ3) is 5.30. The first-order chi connectivity index (χ1) is 15.1. The average Bonchev–Trinajstić information content (AvgIpc) is 2.72. The van der Waals surface area contributed by atoms with Gasteiger partial charge in [-0.3, -0.25) is 14.6 Å². The number of fused-ring (bicyclic) bond motifs is 1. The van der Waals surface area contributed by atoms with Gasteiger partial charge in [-0.25, -0.2) is 13.2 Å². The Morgan fingerprint density at radius 1 is 1.28 bits per heavy atom. The zero-order chi connectivity index (χ0) is 23.5. The Morgan fingerprint density at radius 2 is 2.03 bits per heavy atom.